The third-order valence-corrected chi connectivity index (χ3v) is 3.74. The van der Waals surface area contributed by atoms with Crippen molar-refractivity contribution in [1.82, 2.24) is 15.5 Å². The highest BCUT2D eigenvalue weighted by atomic mass is 16.6. The van der Waals surface area contributed by atoms with E-state index < -0.39 is 4.92 Å². The van der Waals surface area contributed by atoms with Gasteiger partial charge in [-0.15, -0.1) is 0 Å². The second-order valence-electron chi connectivity index (χ2n) is 5.69. The molecule has 1 heterocycles. The number of aryl methyl sites for hydroxylation is 1. The first kappa shape index (κ1) is 17.3. The first-order valence-corrected chi connectivity index (χ1v) is 7.95. The minimum Gasteiger partial charge on any atom is -0.352 e. The van der Waals surface area contributed by atoms with E-state index in [9.17, 15) is 14.9 Å². The Morgan fingerprint density at radius 3 is 2.50 bits per heavy atom. The fourth-order valence-electron chi connectivity index (χ4n) is 2.30. The molecule has 0 unspecified atom stereocenters. The summed E-state index contributed by atoms with van der Waals surface area (Å²) in [5, 5.41) is 17.3. The zero-order chi connectivity index (χ0) is 18.5. The average molecular weight is 352 g/mol. The maximum atomic E-state index is 12.0. The van der Waals surface area contributed by atoms with Crippen molar-refractivity contribution in [3.05, 3.63) is 75.7 Å². The predicted octanol–water partition coefficient (Wildman–Crippen LogP) is 2.93. The number of rotatable bonds is 6. The lowest BCUT2D eigenvalue weighted by Crippen LogP contribution is -2.25. The number of carbonyl (C=O) groups is 1. The first-order valence-electron chi connectivity index (χ1n) is 7.95. The van der Waals surface area contributed by atoms with Crippen LogP contribution in [0.2, 0.25) is 0 Å². The minimum absolute atomic E-state index is 0.00344. The van der Waals surface area contributed by atoms with E-state index in [-0.39, 0.29) is 11.6 Å². The summed E-state index contributed by atoms with van der Waals surface area (Å²) in [6, 6.07) is 13.2. The topological polar surface area (TPSA) is 111 Å². The van der Waals surface area contributed by atoms with Crippen molar-refractivity contribution >= 4 is 11.6 Å². The molecule has 0 saturated carbocycles. The Labute approximate surface area is 149 Å². The molecule has 3 rings (SSSR count). The van der Waals surface area contributed by atoms with Crippen LogP contribution in [0.25, 0.3) is 11.4 Å². The summed E-state index contributed by atoms with van der Waals surface area (Å²) in [5.41, 5.74) is 2.30. The molecule has 3 aromatic rings. The normalized spacial score (nSPS) is 10.5. The van der Waals surface area contributed by atoms with Gasteiger partial charge in [0.15, 0.2) is 0 Å². The van der Waals surface area contributed by atoms with Gasteiger partial charge in [-0.1, -0.05) is 22.9 Å². The van der Waals surface area contributed by atoms with Crippen LogP contribution in [0.3, 0.4) is 0 Å². The molecule has 0 spiro atoms. The number of benzene rings is 2. The van der Waals surface area contributed by atoms with Gasteiger partial charge in [0.05, 0.1) is 4.92 Å². The van der Waals surface area contributed by atoms with E-state index >= 15 is 0 Å². The van der Waals surface area contributed by atoms with Crippen molar-refractivity contribution < 1.29 is 14.2 Å². The number of amides is 1. The molecule has 0 fully saturated rings. The number of nitrogens with one attached hydrogen (secondary N) is 1. The van der Waals surface area contributed by atoms with E-state index in [0.29, 0.717) is 35.8 Å². The molecule has 132 valence electrons. The van der Waals surface area contributed by atoms with Crippen molar-refractivity contribution in [3.8, 4) is 11.4 Å². The number of non-ortho nitro benzene ring substituents is 1. The standard InChI is InChI=1S/C18H16N4O4/c1-12-2-4-14(5-3-12)18(23)19-11-10-16-20-17(21-26-16)13-6-8-15(9-7-13)22(24)25/h2-9H,10-11H2,1H3,(H,19,23). The highest BCUT2D eigenvalue weighted by Gasteiger charge is 2.11. The largest absolute Gasteiger partial charge is 0.352 e. The molecule has 2 aromatic carbocycles. The number of nitro groups is 1. The molecule has 0 atom stereocenters. The Morgan fingerprint density at radius 2 is 1.85 bits per heavy atom. The van der Waals surface area contributed by atoms with Crippen LogP contribution in [-0.2, 0) is 6.42 Å². The summed E-state index contributed by atoms with van der Waals surface area (Å²) in [6.45, 7) is 2.31. The van der Waals surface area contributed by atoms with E-state index in [4.69, 9.17) is 4.52 Å². The van der Waals surface area contributed by atoms with Gasteiger partial charge in [-0.3, -0.25) is 14.9 Å². The summed E-state index contributed by atoms with van der Waals surface area (Å²) in [5.74, 6) is 0.558. The van der Waals surface area contributed by atoms with Crippen molar-refractivity contribution in [2.75, 3.05) is 6.54 Å². The van der Waals surface area contributed by atoms with Gasteiger partial charge in [-0.25, -0.2) is 0 Å². The van der Waals surface area contributed by atoms with Crippen LogP contribution in [0, 0.1) is 17.0 Å². The molecule has 0 aliphatic heterocycles. The molecule has 0 bridgehead atoms. The number of carbonyl (C=O) groups excluding carboxylic acids is 1. The van der Waals surface area contributed by atoms with Gasteiger partial charge in [0.2, 0.25) is 11.7 Å². The van der Waals surface area contributed by atoms with Crippen molar-refractivity contribution in [3.63, 3.8) is 0 Å². The van der Waals surface area contributed by atoms with Crippen LogP contribution >= 0.6 is 0 Å². The van der Waals surface area contributed by atoms with Gasteiger partial charge < -0.3 is 9.84 Å². The minimum atomic E-state index is -0.470. The van der Waals surface area contributed by atoms with Crippen LogP contribution in [0.15, 0.2) is 53.1 Å². The van der Waals surface area contributed by atoms with Gasteiger partial charge >= 0.3 is 0 Å². The average Bonchev–Trinajstić information content (AvgIpc) is 3.11. The van der Waals surface area contributed by atoms with Gasteiger partial charge in [-0.2, -0.15) is 4.98 Å². The van der Waals surface area contributed by atoms with Crippen LogP contribution < -0.4 is 5.32 Å². The smallest absolute Gasteiger partial charge is 0.269 e. The molecule has 0 saturated heterocycles. The fraction of sp³-hybridized carbons (Fsp3) is 0.167. The monoisotopic (exact) mass is 352 g/mol. The lowest BCUT2D eigenvalue weighted by molar-refractivity contribution is -0.384. The highest BCUT2D eigenvalue weighted by molar-refractivity contribution is 5.94. The quantitative estimate of drug-likeness (QED) is 0.539. The van der Waals surface area contributed by atoms with Gasteiger partial charge in [0.1, 0.15) is 0 Å². The summed E-state index contributed by atoms with van der Waals surface area (Å²) in [6.07, 6.45) is 0.386. The van der Waals surface area contributed by atoms with E-state index in [0.717, 1.165) is 5.56 Å². The van der Waals surface area contributed by atoms with Crippen LogP contribution in [-0.4, -0.2) is 27.5 Å². The van der Waals surface area contributed by atoms with Gasteiger partial charge in [0.25, 0.3) is 11.6 Å². The van der Waals surface area contributed by atoms with Gasteiger partial charge in [0, 0.05) is 36.2 Å². The Balaban J connectivity index is 1.56. The van der Waals surface area contributed by atoms with E-state index in [1.807, 2.05) is 19.1 Å². The first-order chi connectivity index (χ1) is 12.5. The Hall–Kier alpha value is -3.55. The Kier molecular flexibility index (Phi) is 5.02. The zero-order valence-electron chi connectivity index (χ0n) is 14.0. The molecule has 1 aromatic heterocycles. The molecular weight excluding hydrogens is 336 g/mol. The number of hydrogen-bond donors (Lipinski definition) is 1. The number of hydrogen-bond acceptors (Lipinski definition) is 6. The number of aromatic nitrogens is 2. The maximum absolute atomic E-state index is 12.0. The van der Waals surface area contributed by atoms with E-state index in [1.165, 1.54) is 12.1 Å². The molecule has 1 amide bonds. The van der Waals surface area contributed by atoms with Crippen LogP contribution in [0.5, 0.6) is 0 Å². The Morgan fingerprint density at radius 1 is 1.15 bits per heavy atom. The molecule has 1 N–H and O–H groups in total. The number of nitro benzene ring substituents is 1. The van der Waals surface area contributed by atoms with E-state index in [1.54, 1.807) is 24.3 Å². The van der Waals surface area contributed by atoms with Crippen LogP contribution in [0.1, 0.15) is 21.8 Å². The molecule has 0 radical (unpaired) electrons. The van der Waals surface area contributed by atoms with Crippen molar-refractivity contribution in [2.45, 2.75) is 13.3 Å². The molecule has 0 aliphatic carbocycles. The van der Waals surface area contributed by atoms with E-state index in [2.05, 4.69) is 15.5 Å². The third kappa shape index (κ3) is 4.10. The van der Waals surface area contributed by atoms with Gasteiger partial charge in [-0.05, 0) is 31.2 Å². The lowest BCUT2D eigenvalue weighted by atomic mass is 10.1. The molecule has 8 heteroatoms. The lowest BCUT2D eigenvalue weighted by Gasteiger charge is -2.03. The summed E-state index contributed by atoms with van der Waals surface area (Å²) in [7, 11) is 0. The molecule has 26 heavy (non-hydrogen) atoms. The highest BCUT2D eigenvalue weighted by Crippen LogP contribution is 2.19. The SMILES string of the molecule is Cc1ccc(C(=O)NCCc2nc(-c3ccc([N+](=O)[O-])cc3)no2)cc1. The second kappa shape index (κ2) is 7.56. The molecule has 0 aliphatic rings. The summed E-state index contributed by atoms with van der Waals surface area (Å²) >= 11 is 0. The maximum Gasteiger partial charge on any atom is 0.269 e. The third-order valence-electron chi connectivity index (χ3n) is 3.74. The zero-order valence-corrected chi connectivity index (χ0v) is 14.0. The molecular formula is C18H16N4O4. The van der Waals surface area contributed by atoms with Crippen molar-refractivity contribution in [2.24, 2.45) is 0 Å². The van der Waals surface area contributed by atoms with Crippen molar-refractivity contribution in [1.29, 1.82) is 0 Å². The fourth-order valence-corrected chi connectivity index (χ4v) is 2.30. The predicted molar refractivity (Wildman–Crippen MR) is 93.6 cm³/mol. The number of nitrogens with zero attached hydrogens (tertiary/aromatic N) is 3. The Bertz CT molecular complexity index is 917. The summed E-state index contributed by atoms with van der Waals surface area (Å²) < 4.78 is 5.15. The second-order valence-corrected chi connectivity index (χ2v) is 5.69. The summed E-state index contributed by atoms with van der Waals surface area (Å²) in [4.78, 5) is 26.5. The molecule has 8 nitrogen and oxygen atoms in total. The van der Waals surface area contributed by atoms with Crippen LogP contribution in [0.4, 0.5) is 5.69 Å².